The summed E-state index contributed by atoms with van der Waals surface area (Å²) in [6.45, 7) is 1.64. The van der Waals surface area contributed by atoms with Crippen molar-refractivity contribution >= 4 is 5.97 Å². The summed E-state index contributed by atoms with van der Waals surface area (Å²) in [7, 11) is 3.46. The van der Waals surface area contributed by atoms with Gasteiger partial charge in [-0.15, -0.1) is 0 Å². The Morgan fingerprint density at radius 3 is 2.47 bits per heavy atom. The van der Waals surface area contributed by atoms with Gasteiger partial charge >= 0.3 is 5.97 Å². The average Bonchev–Trinajstić information content (AvgIpc) is 2.33. The molecule has 2 aliphatic rings. The summed E-state index contributed by atoms with van der Waals surface area (Å²) in [5.74, 6) is 0.503. The first-order valence-corrected chi connectivity index (χ1v) is 6.58. The maximum atomic E-state index is 12.1. The fourth-order valence-corrected chi connectivity index (χ4v) is 3.42. The van der Waals surface area contributed by atoms with E-state index in [4.69, 9.17) is 9.47 Å². The van der Waals surface area contributed by atoms with Crippen molar-refractivity contribution in [3.05, 3.63) is 0 Å². The van der Waals surface area contributed by atoms with E-state index < -0.39 is 0 Å². The molecule has 1 aliphatic heterocycles. The fraction of sp³-hybridized carbons (Fsp3) is 0.923. The molecular weight excluding hydrogens is 218 g/mol. The smallest absolute Gasteiger partial charge is 0.313 e. The molecule has 1 unspecified atom stereocenters. The Balaban J connectivity index is 2.11. The minimum absolute atomic E-state index is 0.0328. The van der Waals surface area contributed by atoms with Crippen LogP contribution in [0.5, 0.6) is 0 Å². The van der Waals surface area contributed by atoms with Gasteiger partial charge in [-0.3, -0.25) is 4.79 Å². The van der Waals surface area contributed by atoms with E-state index in [1.165, 1.54) is 7.11 Å². The van der Waals surface area contributed by atoms with E-state index in [2.05, 4.69) is 5.32 Å². The molecule has 0 amide bonds. The van der Waals surface area contributed by atoms with Crippen molar-refractivity contribution in [2.75, 3.05) is 27.4 Å². The van der Waals surface area contributed by atoms with E-state index in [-0.39, 0.29) is 17.4 Å². The molecule has 1 saturated carbocycles. The number of nitrogens with one attached hydrogen (secondary N) is 1. The maximum Gasteiger partial charge on any atom is 0.313 e. The van der Waals surface area contributed by atoms with Gasteiger partial charge in [-0.1, -0.05) is 6.42 Å². The Bertz CT molecular complexity index is 270. The van der Waals surface area contributed by atoms with Gasteiger partial charge in [0.05, 0.1) is 12.5 Å². The highest BCUT2D eigenvalue weighted by molar-refractivity contribution is 5.78. The zero-order chi connectivity index (χ0) is 12.3. The van der Waals surface area contributed by atoms with Crippen molar-refractivity contribution in [2.45, 2.75) is 38.1 Å². The minimum atomic E-state index is -0.272. The van der Waals surface area contributed by atoms with Crippen LogP contribution >= 0.6 is 0 Å². The van der Waals surface area contributed by atoms with Crippen molar-refractivity contribution in [3.63, 3.8) is 0 Å². The molecular formula is C13H23NO3. The molecule has 1 aliphatic carbocycles. The quantitative estimate of drug-likeness (QED) is 0.755. The van der Waals surface area contributed by atoms with E-state index in [1.54, 1.807) is 0 Å². The molecule has 0 bridgehead atoms. The van der Waals surface area contributed by atoms with Gasteiger partial charge in [0, 0.05) is 19.3 Å². The molecule has 0 radical (unpaired) electrons. The molecule has 4 nitrogen and oxygen atoms in total. The molecule has 1 N–H and O–H groups in total. The predicted octanol–water partition coefficient (Wildman–Crippen LogP) is 1.34. The van der Waals surface area contributed by atoms with Crippen molar-refractivity contribution in [1.82, 2.24) is 5.32 Å². The number of esters is 1. The third-order valence-electron chi connectivity index (χ3n) is 4.48. The molecule has 1 heterocycles. The first-order valence-electron chi connectivity index (χ1n) is 6.58. The van der Waals surface area contributed by atoms with Crippen molar-refractivity contribution < 1.29 is 14.3 Å². The summed E-state index contributed by atoms with van der Waals surface area (Å²) < 4.78 is 10.4. The second-order valence-electron chi connectivity index (χ2n) is 5.22. The van der Waals surface area contributed by atoms with Crippen LogP contribution in [0, 0.1) is 11.3 Å². The van der Waals surface area contributed by atoms with Crippen LogP contribution in [0.4, 0.5) is 0 Å². The lowest BCUT2D eigenvalue weighted by Gasteiger charge is -2.48. The highest BCUT2D eigenvalue weighted by Crippen LogP contribution is 2.48. The summed E-state index contributed by atoms with van der Waals surface area (Å²) in [5, 5.41) is 3.37. The summed E-state index contributed by atoms with van der Waals surface area (Å²) >= 11 is 0. The molecule has 2 rings (SSSR count). The molecule has 4 heteroatoms. The first kappa shape index (κ1) is 12.8. The normalized spacial score (nSPS) is 26.0. The number of hydrogen-bond donors (Lipinski definition) is 1. The highest BCUT2D eigenvalue weighted by atomic mass is 16.5. The summed E-state index contributed by atoms with van der Waals surface area (Å²) in [5.41, 5.74) is -0.272. The highest BCUT2D eigenvalue weighted by Gasteiger charge is 2.53. The van der Waals surface area contributed by atoms with Crippen LogP contribution in [0.3, 0.4) is 0 Å². The van der Waals surface area contributed by atoms with Gasteiger partial charge in [-0.2, -0.15) is 0 Å². The SMILES string of the molecule is CNC(C1CCOCC1)C1(C(=O)OC)CCC1. The Labute approximate surface area is 103 Å². The lowest BCUT2D eigenvalue weighted by molar-refractivity contribution is -0.163. The standard InChI is InChI=1S/C13H23NO3/c1-14-11(10-4-8-17-9-5-10)13(6-3-7-13)12(15)16-2/h10-11,14H,3-9H2,1-2H3. The zero-order valence-electron chi connectivity index (χ0n) is 10.8. The number of carbonyl (C=O) groups is 1. The largest absolute Gasteiger partial charge is 0.469 e. The van der Waals surface area contributed by atoms with Crippen LogP contribution < -0.4 is 5.32 Å². The second-order valence-corrected chi connectivity index (χ2v) is 5.22. The zero-order valence-corrected chi connectivity index (χ0v) is 10.8. The Morgan fingerprint density at radius 2 is 2.06 bits per heavy atom. The van der Waals surface area contributed by atoms with Gasteiger partial charge in [0.25, 0.3) is 0 Å². The van der Waals surface area contributed by atoms with Gasteiger partial charge < -0.3 is 14.8 Å². The number of rotatable bonds is 4. The third kappa shape index (κ3) is 2.20. The summed E-state index contributed by atoms with van der Waals surface area (Å²) in [4.78, 5) is 12.1. The van der Waals surface area contributed by atoms with Gasteiger partial charge in [-0.25, -0.2) is 0 Å². The van der Waals surface area contributed by atoms with Crippen LogP contribution in [-0.4, -0.2) is 39.4 Å². The Kier molecular flexibility index (Phi) is 4.05. The lowest BCUT2D eigenvalue weighted by Crippen LogP contribution is -2.57. The third-order valence-corrected chi connectivity index (χ3v) is 4.48. The van der Waals surface area contributed by atoms with Crippen LogP contribution in [0.1, 0.15) is 32.1 Å². The van der Waals surface area contributed by atoms with E-state index in [9.17, 15) is 4.79 Å². The summed E-state index contributed by atoms with van der Waals surface area (Å²) in [6, 6.07) is 0.243. The van der Waals surface area contributed by atoms with Crippen molar-refractivity contribution in [2.24, 2.45) is 11.3 Å². The number of carbonyl (C=O) groups excluding carboxylic acids is 1. The topological polar surface area (TPSA) is 47.6 Å². The van der Waals surface area contributed by atoms with E-state index in [1.807, 2.05) is 7.05 Å². The number of methoxy groups -OCH3 is 1. The molecule has 1 saturated heterocycles. The molecule has 17 heavy (non-hydrogen) atoms. The monoisotopic (exact) mass is 241 g/mol. The first-order chi connectivity index (χ1) is 8.24. The second kappa shape index (κ2) is 5.36. The lowest BCUT2D eigenvalue weighted by atomic mass is 9.60. The molecule has 0 aromatic heterocycles. The Hall–Kier alpha value is -0.610. The molecule has 0 aromatic carbocycles. The van der Waals surface area contributed by atoms with Crippen molar-refractivity contribution in [1.29, 1.82) is 0 Å². The molecule has 1 atom stereocenters. The van der Waals surface area contributed by atoms with Crippen LogP contribution in [0.15, 0.2) is 0 Å². The Morgan fingerprint density at radius 1 is 1.41 bits per heavy atom. The molecule has 2 fully saturated rings. The maximum absolute atomic E-state index is 12.1. The predicted molar refractivity (Wildman–Crippen MR) is 64.7 cm³/mol. The van der Waals surface area contributed by atoms with E-state index >= 15 is 0 Å². The van der Waals surface area contributed by atoms with Gasteiger partial charge in [-0.05, 0) is 38.6 Å². The van der Waals surface area contributed by atoms with Gasteiger partial charge in [0.2, 0.25) is 0 Å². The van der Waals surface area contributed by atoms with Gasteiger partial charge in [0.15, 0.2) is 0 Å². The van der Waals surface area contributed by atoms with E-state index in [0.29, 0.717) is 5.92 Å². The molecule has 0 aromatic rings. The van der Waals surface area contributed by atoms with Crippen LogP contribution in [-0.2, 0) is 14.3 Å². The minimum Gasteiger partial charge on any atom is -0.469 e. The molecule has 98 valence electrons. The number of ether oxygens (including phenoxy) is 2. The summed E-state index contributed by atoms with van der Waals surface area (Å²) in [6.07, 6.45) is 5.15. The average molecular weight is 241 g/mol. The van der Waals surface area contributed by atoms with E-state index in [0.717, 1.165) is 45.3 Å². The fourth-order valence-electron chi connectivity index (χ4n) is 3.42. The van der Waals surface area contributed by atoms with Crippen molar-refractivity contribution in [3.8, 4) is 0 Å². The van der Waals surface area contributed by atoms with Crippen LogP contribution in [0.2, 0.25) is 0 Å². The van der Waals surface area contributed by atoms with Gasteiger partial charge in [0.1, 0.15) is 0 Å². The molecule has 0 spiro atoms. The van der Waals surface area contributed by atoms with Crippen LogP contribution in [0.25, 0.3) is 0 Å². The number of hydrogen-bond acceptors (Lipinski definition) is 4.